The third-order valence-corrected chi connectivity index (χ3v) is 3.21. The molecule has 12 heteroatoms. The second-order valence-electron chi connectivity index (χ2n) is 2.90. The second-order valence-corrected chi connectivity index (χ2v) is 5.38. The third-order valence-electron chi connectivity index (χ3n) is 1.17. The first-order chi connectivity index (χ1) is 7.83. The Hall–Kier alpha value is -0.310. The Bertz CT molecular complexity index is 318. The predicted octanol–water partition coefficient (Wildman–Crippen LogP) is 3.10. The maximum absolute atomic E-state index is 11.8. The largest absolute Gasteiger partial charge is 0.412 e. The lowest BCUT2D eigenvalue weighted by atomic mass is 10.7. The molecule has 0 unspecified atom stereocenters. The maximum atomic E-state index is 11.8. The molecule has 0 aromatic rings. The van der Waals surface area contributed by atoms with E-state index >= 15 is 0 Å². The zero-order chi connectivity index (χ0) is 14.6. The van der Waals surface area contributed by atoms with E-state index in [2.05, 4.69) is 9.05 Å². The number of alkyl halides is 6. The van der Waals surface area contributed by atoms with Gasteiger partial charge in [0.25, 0.3) is 0 Å². The Kier molecular flexibility index (Phi) is 6.12. The molecule has 0 aromatic heterocycles. The highest BCUT2D eigenvalue weighted by Gasteiger charge is 2.39. The average molecular weight is 323 g/mol. The van der Waals surface area contributed by atoms with Gasteiger partial charge in [-0.3, -0.25) is 18.4 Å². The van der Waals surface area contributed by atoms with Gasteiger partial charge < -0.3 is 0 Å². The summed E-state index contributed by atoms with van der Waals surface area (Å²) in [6.45, 7) is -4.24. The summed E-state index contributed by atoms with van der Waals surface area (Å²) in [6.07, 6.45) is -11.3. The lowest BCUT2D eigenvalue weighted by molar-refractivity contribution is -0.165. The van der Waals surface area contributed by atoms with E-state index in [4.69, 9.17) is 11.6 Å². The molecule has 4 nitrogen and oxygen atoms in total. The fourth-order valence-electron chi connectivity index (χ4n) is 0.624. The van der Waals surface area contributed by atoms with Gasteiger partial charge in [0.15, 0.2) is 13.2 Å². The zero-order valence-electron chi connectivity index (χ0n) is 8.35. The molecule has 0 atom stereocenters. The van der Waals surface area contributed by atoms with Crippen molar-refractivity contribution in [2.45, 2.75) is 12.4 Å². The summed E-state index contributed by atoms with van der Waals surface area (Å²) in [5.41, 5.74) is 0. The summed E-state index contributed by atoms with van der Waals surface area (Å²) in [5, 5.41) is -1.44. The van der Waals surface area contributed by atoms with Crippen molar-refractivity contribution in [3.05, 3.63) is 0 Å². The number of halogens is 7. The molecule has 0 radical (unpaired) electrons. The molecule has 0 saturated heterocycles. The minimum absolute atomic E-state index is 1.39. The molecule has 0 amide bonds. The van der Waals surface area contributed by atoms with E-state index in [1.54, 1.807) is 0 Å². The molecule has 0 N–H and O–H groups in total. The van der Waals surface area contributed by atoms with Crippen LogP contribution in [0.15, 0.2) is 0 Å². The first kappa shape index (κ1) is 17.7. The van der Waals surface area contributed by atoms with E-state index in [-0.39, 0.29) is 0 Å². The van der Waals surface area contributed by atoms with E-state index in [0.29, 0.717) is 0 Å². The third kappa shape index (κ3) is 9.69. The lowest BCUT2D eigenvalue weighted by Crippen LogP contribution is -2.21. The summed E-state index contributed by atoms with van der Waals surface area (Å²) in [5.74, 6) is 0. The number of carbonyl (C=O) groups is 1. The van der Waals surface area contributed by atoms with E-state index in [1.165, 1.54) is 0 Å². The van der Waals surface area contributed by atoms with Gasteiger partial charge in [0.1, 0.15) is 6.16 Å². The smallest absolute Gasteiger partial charge is 0.299 e. The Labute approximate surface area is 102 Å². The highest BCUT2D eigenvalue weighted by atomic mass is 35.5. The van der Waals surface area contributed by atoms with Crippen LogP contribution in [0.3, 0.4) is 0 Å². The van der Waals surface area contributed by atoms with Gasteiger partial charge in [-0.15, -0.1) is 0 Å². The first-order valence-corrected chi connectivity index (χ1v) is 6.13. The van der Waals surface area contributed by atoms with Gasteiger partial charge in [0.05, 0.1) is 0 Å². The molecule has 0 aliphatic heterocycles. The Balaban J connectivity index is 4.63. The van der Waals surface area contributed by atoms with Gasteiger partial charge in [0.2, 0.25) is 5.24 Å². The molecule has 0 fully saturated rings. The highest BCUT2D eigenvalue weighted by molar-refractivity contribution is 7.55. The Morgan fingerprint density at radius 2 is 1.33 bits per heavy atom. The van der Waals surface area contributed by atoms with Gasteiger partial charge >= 0.3 is 19.9 Å². The molecular formula is C6H6ClF6O4P. The van der Waals surface area contributed by atoms with Crippen LogP contribution in [-0.4, -0.2) is 37.0 Å². The van der Waals surface area contributed by atoms with E-state index < -0.39 is 44.6 Å². The van der Waals surface area contributed by atoms with Gasteiger partial charge in [0, 0.05) is 0 Å². The summed E-state index contributed by atoms with van der Waals surface area (Å²) in [6, 6.07) is 0. The van der Waals surface area contributed by atoms with Crippen LogP contribution < -0.4 is 0 Å². The van der Waals surface area contributed by atoms with Crippen LogP contribution in [0.4, 0.5) is 26.3 Å². The minimum atomic E-state index is -4.94. The topological polar surface area (TPSA) is 52.6 Å². The van der Waals surface area contributed by atoms with Gasteiger partial charge in [-0.2, -0.15) is 26.3 Å². The van der Waals surface area contributed by atoms with Crippen molar-refractivity contribution in [3.63, 3.8) is 0 Å². The molecule has 0 aliphatic carbocycles. The number of rotatable bonds is 6. The normalized spacial score (nSPS) is 13.7. The molecule has 0 heterocycles. The van der Waals surface area contributed by atoms with E-state index in [9.17, 15) is 35.7 Å². The van der Waals surface area contributed by atoms with Crippen LogP contribution in [0.1, 0.15) is 0 Å². The molecule has 0 aromatic carbocycles. The summed E-state index contributed by atoms with van der Waals surface area (Å²) >= 11 is 4.73. The first-order valence-electron chi connectivity index (χ1n) is 4.03. The van der Waals surface area contributed by atoms with Crippen molar-refractivity contribution in [1.29, 1.82) is 0 Å². The SMILES string of the molecule is O=C(Cl)CP(=O)(OCC(F)(F)F)OCC(F)(F)F. The second kappa shape index (κ2) is 6.23. The van der Waals surface area contributed by atoms with Gasteiger partial charge in [-0.05, 0) is 11.6 Å². The monoisotopic (exact) mass is 322 g/mol. The Morgan fingerprint density at radius 1 is 1.00 bits per heavy atom. The van der Waals surface area contributed by atoms with Crippen LogP contribution in [-0.2, 0) is 18.4 Å². The van der Waals surface area contributed by atoms with Crippen LogP contribution in [0.2, 0.25) is 0 Å². The zero-order valence-corrected chi connectivity index (χ0v) is 10.00. The van der Waals surface area contributed by atoms with Crippen molar-refractivity contribution in [1.82, 2.24) is 0 Å². The maximum Gasteiger partial charge on any atom is 0.412 e. The number of hydrogen-bond donors (Lipinski definition) is 0. The van der Waals surface area contributed by atoms with E-state index in [0.717, 1.165) is 0 Å². The van der Waals surface area contributed by atoms with Crippen molar-refractivity contribution < 1.29 is 44.7 Å². The minimum Gasteiger partial charge on any atom is -0.299 e. The van der Waals surface area contributed by atoms with Gasteiger partial charge in [-0.1, -0.05) is 0 Å². The molecule has 0 rings (SSSR count). The summed E-state index contributed by atoms with van der Waals surface area (Å²) in [7, 11) is -4.89. The molecule has 0 spiro atoms. The molecule has 0 aliphatic rings. The number of hydrogen-bond acceptors (Lipinski definition) is 4. The fraction of sp³-hybridized carbons (Fsp3) is 0.833. The number of carbonyl (C=O) groups excluding carboxylic acids is 1. The molecule has 0 bridgehead atoms. The van der Waals surface area contributed by atoms with Crippen LogP contribution >= 0.6 is 19.2 Å². The van der Waals surface area contributed by atoms with Crippen molar-refractivity contribution in [2.24, 2.45) is 0 Å². The quantitative estimate of drug-likeness (QED) is 0.428. The standard InChI is InChI=1S/C6H6ClF6O4P/c7-4(14)1-18(15,16-2-5(8,9)10)17-3-6(11,12)13/h1-3H2. The summed E-state index contributed by atoms with van der Waals surface area (Å²) in [4.78, 5) is 10.4. The molecule has 18 heavy (non-hydrogen) atoms. The molecule has 108 valence electrons. The Morgan fingerprint density at radius 3 is 1.56 bits per heavy atom. The average Bonchev–Trinajstić information content (AvgIpc) is 2.09. The van der Waals surface area contributed by atoms with E-state index in [1.807, 2.05) is 0 Å². The molecular weight excluding hydrogens is 316 g/mol. The van der Waals surface area contributed by atoms with Crippen LogP contribution in [0.5, 0.6) is 0 Å². The predicted molar refractivity (Wildman–Crippen MR) is 47.3 cm³/mol. The van der Waals surface area contributed by atoms with Crippen molar-refractivity contribution in [2.75, 3.05) is 19.4 Å². The highest BCUT2D eigenvalue weighted by Crippen LogP contribution is 2.50. The fourth-order valence-corrected chi connectivity index (χ4v) is 2.31. The van der Waals surface area contributed by atoms with Crippen molar-refractivity contribution >= 4 is 24.4 Å². The van der Waals surface area contributed by atoms with Crippen molar-refractivity contribution in [3.8, 4) is 0 Å². The lowest BCUT2D eigenvalue weighted by Gasteiger charge is -2.18. The van der Waals surface area contributed by atoms with Crippen LogP contribution in [0, 0.1) is 0 Å². The molecule has 0 saturated carbocycles. The summed E-state index contributed by atoms with van der Waals surface area (Å²) < 4.78 is 89.3. The van der Waals surface area contributed by atoms with Crippen LogP contribution in [0.25, 0.3) is 0 Å². The van der Waals surface area contributed by atoms with Gasteiger partial charge in [-0.25, -0.2) is 0 Å².